The van der Waals surface area contributed by atoms with Gasteiger partial charge < -0.3 is 10.1 Å². The molecule has 0 bridgehead atoms. The van der Waals surface area contributed by atoms with Gasteiger partial charge in [-0.15, -0.1) is 0 Å². The molecule has 0 heterocycles. The Morgan fingerprint density at radius 3 is 2.29 bits per heavy atom. The Morgan fingerprint density at radius 2 is 1.75 bits per heavy atom. The van der Waals surface area contributed by atoms with E-state index in [1.165, 1.54) is 5.56 Å². The Labute approximate surface area is 152 Å². The van der Waals surface area contributed by atoms with Crippen molar-refractivity contribution in [2.45, 2.75) is 46.1 Å². The van der Waals surface area contributed by atoms with E-state index in [4.69, 9.17) is 4.74 Å². The quantitative estimate of drug-likeness (QED) is 0.753. The molecule has 0 aliphatic rings. The molecule has 0 aliphatic carbocycles. The first-order chi connectivity index (χ1) is 11.2. The van der Waals surface area contributed by atoms with E-state index in [9.17, 15) is 4.79 Å². The summed E-state index contributed by atoms with van der Waals surface area (Å²) in [6.45, 7) is 10.2. The van der Waals surface area contributed by atoms with Crippen molar-refractivity contribution < 1.29 is 9.53 Å². The van der Waals surface area contributed by atoms with Crippen molar-refractivity contribution >= 4 is 27.5 Å². The van der Waals surface area contributed by atoms with Gasteiger partial charge in [0.25, 0.3) is 5.91 Å². The summed E-state index contributed by atoms with van der Waals surface area (Å²) in [5.74, 6) is 0.526. The average Bonchev–Trinajstić information content (AvgIpc) is 2.49. The highest BCUT2D eigenvalue weighted by Crippen LogP contribution is 2.25. The van der Waals surface area contributed by atoms with Crippen LogP contribution in [-0.2, 0) is 10.2 Å². The number of aryl methyl sites for hydroxylation is 1. The third-order valence-electron chi connectivity index (χ3n) is 3.85. The fraction of sp³-hybridized carbons (Fsp3) is 0.350. The Hall–Kier alpha value is -1.81. The molecule has 0 saturated carbocycles. The predicted octanol–water partition coefficient (Wildman–Crippen LogP) is 5.46. The second kappa shape index (κ2) is 7.39. The second-order valence-corrected chi connectivity index (χ2v) is 7.90. The molecule has 3 nitrogen and oxygen atoms in total. The number of carbonyl (C=O) groups is 1. The first-order valence-electron chi connectivity index (χ1n) is 8.01. The Kier molecular flexibility index (Phi) is 5.70. The van der Waals surface area contributed by atoms with Gasteiger partial charge in [0.1, 0.15) is 5.75 Å². The molecule has 0 spiro atoms. The molecular formula is C20H24BrNO2. The number of hydrogen-bond donors (Lipinski definition) is 1. The molecule has 0 unspecified atom stereocenters. The van der Waals surface area contributed by atoms with Crippen LogP contribution in [0.4, 0.5) is 5.69 Å². The SMILES string of the molecule is Cc1cc(Br)ccc1NC(=O)[C@@H](C)Oc1ccc(C(C)(C)C)cc1. The van der Waals surface area contributed by atoms with Gasteiger partial charge in [0.05, 0.1) is 0 Å². The fourth-order valence-corrected chi connectivity index (χ4v) is 2.77. The maximum absolute atomic E-state index is 12.3. The Morgan fingerprint density at radius 1 is 1.12 bits per heavy atom. The van der Waals surface area contributed by atoms with Gasteiger partial charge in [-0.25, -0.2) is 0 Å². The molecule has 1 amide bonds. The van der Waals surface area contributed by atoms with Crippen LogP contribution in [-0.4, -0.2) is 12.0 Å². The van der Waals surface area contributed by atoms with Crippen molar-refractivity contribution in [3.05, 3.63) is 58.1 Å². The molecule has 4 heteroatoms. The minimum atomic E-state index is -0.575. The molecule has 128 valence electrons. The molecule has 0 aliphatic heterocycles. The van der Waals surface area contributed by atoms with Crippen molar-refractivity contribution in [1.82, 2.24) is 0 Å². The summed E-state index contributed by atoms with van der Waals surface area (Å²) in [5, 5.41) is 2.91. The van der Waals surface area contributed by atoms with Crippen LogP contribution in [0, 0.1) is 6.92 Å². The molecule has 0 fully saturated rings. The summed E-state index contributed by atoms with van der Waals surface area (Å²) in [7, 11) is 0. The maximum Gasteiger partial charge on any atom is 0.265 e. The number of benzene rings is 2. The van der Waals surface area contributed by atoms with E-state index in [-0.39, 0.29) is 11.3 Å². The van der Waals surface area contributed by atoms with Gasteiger partial charge in [-0.1, -0.05) is 48.8 Å². The van der Waals surface area contributed by atoms with Crippen LogP contribution in [0.25, 0.3) is 0 Å². The molecule has 2 rings (SSSR count). The molecule has 2 aromatic rings. The van der Waals surface area contributed by atoms with E-state index in [0.717, 1.165) is 15.7 Å². The molecule has 0 saturated heterocycles. The van der Waals surface area contributed by atoms with Crippen LogP contribution in [0.5, 0.6) is 5.75 Å². The normalized spacial score (nSPS) is 12.6. The van der Waals surface area contributed by atoms with E-state index in [2.05, 4.69) is 42.0 Å². The van der Waals surface area contributed by atoms with Crippen LogP contribution in [0.2, 0.25) is 0 Å². The van der Waals surface area contributed by atoms with Crippen LogP contribution in [0.15, 0.2) is 46.9 Å². The average molecular weight is 390 g/mol. The molecule has 2 aromatic carbocycles. The summed E-state index contributed by atoms with van der Waals surface area (Å²) >= 11 is 3.42. The summed E-state index contributed by atoms with van der Waals surface area (Å²) in [6.07, 6.45) is -0.575. The highest BCUT2D eigenvalue weighted by atomic mass is 79.9. The van der Waals surface area contributed by atoms with E-state index < -0.39 is 6.10 Å². The van der Waals surface area contributed by atoms with Crippen molar-refractivity contribution in [2.75, 3.05) is 5.32 Å². The van der Waals surface area contributed by atoms with Crippen LogP contribution in [0.3, 0.4) is 0 Å². The third kappa shape index (κ3) is 4.84. The molecular weight excluding hydrogens is 366 g/mol. The third-order valence-corrected chi connectivity index (χ3v) is 4.34. The van der Waals surface area contributed by atoms with Crippen LogP contribution in [0.1, 0.15) is 38.8 Å². The molecule has 0 radical (unpaired) electrons. The smallest absolute Gasteiger partial charge is 0.265 e. The monoisotopic (exact) mass is 389 g/mol. The van der Waals surface area contributed by atoms with Crippen LogP contribution >= 0.6 is 15.9 Å². The van der Waals surface area contributed by atoms with Gasteiger partial charge in [0, 0.05) is 10.2 Å². The number of carbonyl (C=O) groups excluding carboxylic acids is 1. The fourth-order valence-electron chi connectivity index (χ4n) is 2.29. The number of ether oxygens (including phenoxy) is 1. The van der Waals surface area contributed by atoms with Gasteiger partial charge >= 0.3 is 0 Å². The van der Waals surface area contributed by atoms with Gasteiger partial charge in [-0.05, 0) is 60.7 Å². The van der Waals surface area contributed by atoms with Crippen molar-refractivity contribution in [1.29, 1.82) is 0 Å². The number of rotatable bonds is 4. The second-order valence-electron chi connectivity index (χ2n) is 6.98. The standard InChI is InChI=1S/C20H24BrNO2/c1-13-12-16(21)8-11-18(13)22-19(23)14(2)24-17-9-6-15(7-10-17)20(3,4)5/h6-12,14H,1-5H3,(H,22,23)/t14-/m1/s1. The molecule has 1 N–H and O–H groups in total. The minimum absolute atomic E-state index is 0.0978. The highest BCUT2D eigenvalue weighted by Gasteiger charge is 2.17. The lowest BCUT2D eigenvalue weighted by atomic mass is 9.87. The predicted molar refractivity (Wildman–Crippen MR) is 103 cm³/mol. The zero-order valence-corrected chi connectivity index (χ0v) is 16.4. The van der Waals surface area contributed by atoms with Crippen LogP contribution < -0.4 is 10.1 Å². The highest BCUT2D eigenvalue weighted by molar-refractivity contribution is 9.10. The Balaban J connectivity index is 2.01. The van der Waals surface area contributed by atoms with Gasteiger partial charge in [-0.3, -0.25) is 4.79 Å². The number of anilines is 1. The van der Waals surface area contributed by atoms with Gasteiger partial charge in [-0.2, -0.15) is 0 Å². The first-order valence-corrected chi connectivity index (χ1v) is 8.80. The maximum atomic E-state index is 12.3. The lowest BCUT2D eigenvalue weighted by Gasteiger charge is -2.20. The molecule has 0 aromatic heterocycles. The van der Waals surface area contributed by atoms with Crippen molar-refractivity contribution in [2.24, 2.45) is 0 Å². The van der Waals surface area contributed by atoms with E-state index >= 15 is 0 Å². The zero-order chi connectivity index (χ0) is 17.9. The summed E-state index contributed by atoms with van der Waals surface area (Å²) in [6, 6.07) is 13.6. The Bertz CT molecular complexity index is 717. The summed E-state index contributed by atoms with van der Waals surface area (Å²) in [5.41, 5.74) is 3.12. The van der Waals surface area contributed by atoms with E-state index in [0.29, 0.717) is 5.75 Å². The van der Waals surface area contributed by atoms with E-state index in [1.54, 1.807) is 6.92 Å². The van der Waals surface area contributed by atoms with Crippen molar-refractivity contribution in [3.63, 3.8) is 0 Å². The van der Waals surface area contributed by atoms with Gasteiger partial charge in [0.15, 0.2) is 6.10 Å². The minimum Gasteiger partial charge on any atom is -0.481 e. The first kappa shape index (κ1) is 18.5. The molecule has 24 heavy (non-hydrogen) atoms. The zero-order valence-electron chi connectivity index (χ0n) is 14.8. The lowest BCUT2D eigenvalue weighted by Crippen LogP contribution is -2.30. The summed E-state index contributed by atoms with van der Waals surface area (Å²) < 4.78 is 6.75. The van der Waals surface area contributed by atoms with Crippen molar-refractivity contribution in [3.8, 4) is 5.75 Å². The summed E-state index contributed by atoms with van der Waals surface area (Å²) in [4.78, 5) is 12.3. The lowest BCUT2D eigenvalue weighted by molar-refractivity contribution is -0.122. The number of hydrogen-bond acceptors (Lipinski definition) is 2. The number of nitrogens with one attached hydrogen (secondary N) is 1. The van der Waals surface area contributed by atoms with Gasteiger partial charge in [0.2, 0.25) is 0 Å². The molecule has 1 atom stereocenters. The number of amides is 1. The number of halogens is 1. The largest absolute Gasteiger partial charge is 0.481 e. The van der Waals surface area contributed by atoms with E-state index in [1.807, 2.05) is 49.4 Å². The topological polar surface area (TPSA) is 38.3 Å².